The lowest BCUT2D eigenvalue weighted by molar-refractivity contribution is -0.138. The molecule has 0 radical (unpaired) electrons. The minimum absolute atomic E-state index is 0.0362. The number of amides is 1. The quantitative estimate of drug-likeness (QED) is 0.501. The van der Waals surface area contributed by atoms with Crippen LogP contribution < -0.4 is 10.1 Å². The third-order valence-corrected chi connectivity index (χ3v) is 3.26. The van der Waals surface area contributed by atoms with Gasteiger partial charge in [0.25, 0.3) is 0 Å². The number of benzene rings is 1. The van der Waals surface area contributed by atoms with Gasteiger partial charge in [-0.3, -0.25) is 9.59 Å². The van der Waals surface area contributed by atoms with E-state index in [1.165, 1.54) is 3.57 Å². The molecule has 0 aliphatic rings. The molecule has 0 bridgehead atoms. The lowest BCUT2D eigenvalue weighted by Crippen LogP contribution is -2.25. The van der Waals surface area contributed by atoms with Crippen LogP contribution in [0.2, 0.25) is 0 Å². The van der Waals surface area contributed by atoms with Crippen molar-refractivity contribution in [2.45, 2.75) is 25.7 Å². The first-order valence-electron chi connectivity index (χ1n) is 6.45. The van der Waals surface area contributed by atoms with Crippen LogP contribution in [-0.4, -0.2) is 30.1 Å². The van der Waals surface area contributed by atoms with E-state index >= 15 is 0 Å². The number of hydrogen-bond donors (Lipinski definition) is 2. The lowest BCUT2D eigenvalue weighted by atomic mass is 10.3. The first-order chi connectivity index (χ1) is 9.58. The molecule has 0 aromatic heterocycles. The van der Waals surface area contributed by atoms with E-state index in [0.717, 1.165) is 18.6 Å². The van der Waals surface area contributed by atoms with Crippen LogP contribution in [-0.2, 0) is 9.59 Å². The van der Waals surface area contributed by atoms with E-state index < -0.39 is 5.97 Å². The Kier molecular flexibility index (Phi) is 8.01. The van der Waals surface area contributed by atoms with Crippen molar-refractivity contribution in [3.05, 3.63) is 27.8 Å². The Bertz CT molecular complexity index is 433. The van der Waals surface area contributed by atoms with Crippen LogP contribution >= 0.6 is 22.6 Å². The van der Waals surface area contributed by atoms with Gasteiger partial charge < -0.3 is 15.2 Å². The smallest absolute Gasteiger partial charge is 0.303 e. The molecule has 0 spiro atoms. The molecule has 1 amide bonds. The molecule has 0 aliphatic carbocycles. The van der Waals surface area contributed by atoms with Crippen LogP contribution in [0.3, 0.4) is 0 Å². The second-order valence-corrected chi connectivity index (χ2v) is 5.50. The molecule has 0 aliphatic heterocycles. The largest absolute Gasteiger partial charge is 0.494 e. The fraction of sp³-hybridized carbons (Fsp3) is 0.429. The van der Waals surface area contributed by atoms with Gasteiger partial charge in [0.2, 0.25) is 5.91 Å². The van der Waals surface area contributed by atoms with Crippen molar-refractivity contribution in [2.24, 2.45) is 0 Å². The Balaban J connectivity index is 2.01. The molecule has 2 N–H and O–H groups in total. The number of aliphatic carboxylic acids is 1. The SMILES string of the molecule is O=C(O)CCC(=O)NCCCCOc1ccc(I)cc1. The van der Waals surface area contributed by atoms with Crippen LogP contribution in [0.5, 0.6) is 5.75 Å². The number of unbranched alkanes of at least 4 members (excludes halogenated alkanes) is 1. The van der Waals surface area contributed by atoms with Crippen molar-refractivity contribution in [1.29, 1.82) is 0 Å². The summed E-state index contributed by atoms with van der Waals surface area (Å²) < 4.78 is 6.72. The van der Waals surface area contributed by atoms with Crippen molar-refractivity contribution in [1.82, 2.24) is 5.32 Å². The summed E-state index contributed by atoms with van der Waals surface area (Å²) in [6.45, 7) is 1.15. The van der Waals surface area contributed by atoms with Gasteiger partial charge in [-0.25, -0.2) is 0 Å². The summed E-state index contributed by atoms with van der Waals surface area (Å²) in [5.41, 5.74) is 0. The number of hydrogen-bond acceptors (Lipinski definition) is 3. The maximum absolute atomic E-state index is 11.2. The van der Waals surface area contributed by atoms with E-state index in [9.17, 15) is 9.59 Å². The Morgan fingerprint density at radius 2 is 1.85 bits per heavy atom. The van der Waals surface area contributed by atoms with Gasteiger partial charge in [-0.1, -0.05) is 0 Å². The van der Waals surface area contributed by atoms with E-state index in [0.29, 0.717) is 13.2 Å². The third kappa shape index (κ3) is 7.98. The van der Waals surface area contributed by atoms with Gasteiger partial charge in [0.15, 0.2) is 0 Å². The lowest BCUT2D eigenvalue weighted by Gasteiger charge is -2.07. The Hall–Kier alpha value is -1.31. The molecular formula is C14H18INO4. The molecule has 0 heterocycles. The van der Waals surface area contributed by atoms with E-state index in [2.05, 4.69) is 27.9 Å². The van der Waals surface area contributed by atoms with Crippen molar-refractivity contribution < 1.29 is 19.4 Å². The number of carboxylic acid groups (broad SMARTS) is 1. The fourth-order valence-electron chi connectivity index (χ4n) is 1.48. The average Bonchev–Trinajstić information content (AvgIpc) is 2.42. The molecule has 6 heteroatoms. The topological polar surface area (TPSA) is 75.6 Å². The van der Waals surface area contributed by atoms with Crippen LogP contribution in [0.1, 0.15) is 25.7 Å². The first-order valence-corrected chi connectivity index (χ1v) is 7.52. The average molecular weight is 391 g/mol. The fourth-order valence-corrected chi connectivity index (χ4v) is 1.84. The Labute approximate surface area is 131 Å². The Morgan fingerprint density at radius 1 is 1.15 bits per heavy atom. The van der Waals surface area contributed by atoms with Gasteiger partial charge in [-0.05, 0) is 59.7 Å². The molecule has 1 aromatic carbocycles. The Morgan fingerprint density at radius 3 is 2.50 bits per heavy atom. The monoisotopic (exact) mass is 391 g/mol. The summed E-state index contributed by atoms with van der Waals surface area (Å²) >= 11 is 2.24. The van der Waals surface area contributed by atoms with Gasteiger partial charge in [-0.2, -0.15) is 0 Å². The highest BCUT2D eigenvalue weighted by Gasteiger charge is 2.04. The second-order valence-electron chi connectivity index (χ2n) is 4.25. The standard InChI is InChI=1S/C14H18INO4/c15-11-3-5-12(6-4-11)20-10-2-1-9-16-13(17)7-8-14(18)19/h3-6H,1-2,7-10H2,(H,16,17)(H,18,19). The van der Waals surface area contributed by atoms with E-state index in [4.69, 9.17) is 9.84 Å². The normalized spacial score (nSPS) is 10.1. The minimum atomic E-state index is -0.953. The van der Waals surface area contributed by atoms with Crippen LogP contribution in [0, 0.1) is 3.57 Å². The van der Waals surface area contributed by atoms with Crippen molar-refractivity contribution >= 4 is 34.5 Å². The molecule has 110 valence electrons. The molecule has 1 rings (SSSR count). The molecule has 0 unspecified atom stereocenters. The summed E-state index contributed by atoms with van der Waals surface area (Å²) in [4.78, 5) is 21.5. The molecule has 0 saturated carbocycles. The van der Waals surface area contributed by atoms with Gasteiger partial charge in [0.1, 0.15) is 5.75 Å². The molecule has 1 aromatic rings. The van der Waals surface area contributed by atoms with Gasteiger partial charge >= 0.3 is 5.97 Å². The van der Waals surface area contributed by atoms with E-state index in [1.54, 1.807) is 0 Å². The minimum Gasteiger partial charge on any atom is -0.494 e. The summed E-state index contributed by atoms with van der Waals surface area (Å²) in [6.07, 6.45) is 1.56. The predicted octanol–water partition coefficient (Wildman–Crippen LogP) is 2.43. The van der Waals surface area contributed by atoms with Gasteiger partial charge in [0.05, 0.1) is 13.0 Å². The van der Waals surface area contributed by atoms with Crippen molar-refractivity contribution in [3.8, 4) is 5.75 Å². The van der Waals surface area contributed by atoms with Crippen molar-refractivity contribution in [2.75, 3.05) is 13.2 Å². The molecule has 20 heavy (non-hydrogen) atoms. The predicted molar refractivity (Wildman–Crippen MR) is 83.8 cm³/mol. The number of carbonyl (C=O) groups is 2. The summed E-state index contributed by atoms with van der Waals surface area (Å²) in [7, 11) is 0. The molecular weight excluding hydrogens is 373 g/mol. The number of halogens is 1. The molecule has 5 nitrogen and oxygen atoms in total. The van der Waals surface area contributed by atoms with Gasteiger partial charge in [-0.15, -0.1) is 0 Å². The number of rotatable bonds is 9. The van der Waals surface area contributed by atoms with Gasteiger partial charge in [0, 0.05) is 16.5 Å². The summed E-state index contributed by atoms with van der Waals surface area (Å²) in [5.74, 6) is -0.326. The number of nitrogens with one attached hydrogen (secondary N) is 1. The summed E-state index contributed by atoms with van der Waals surface area (Å²) in [5, 5.41) is 11.1. The van der Waals surface area contributed by atoms with Crippen LogP contribution in [0.4, 0.5) is 0 Å². The second kappa shape index (κ2) is 9.57. The molecule has 0 fully saturated rings. The van der Waals surface area contributed by atoms with Crippen LogP contribution in [0.25, 0.3) is 0 Å². The zero-order chi connectivity index (χ0) is 14.8. The zero-order valence-electron chi connectivity index (χ0n) is 11.1. The third-order valence-electron chi connectivity index (χ3n) is 2.54. The highest BCUT2D eigenvalue weighted by atomic mass is 127. The highest BCUT2D eigenvalue weighted by molar-refractivity contribution is 14.1. The zero-order valence-corrected chi connectivity index (χ0v) is 13.3. The highest BCUT2D eigenvalue weighted by Crippen LogP contribution is 2.13. The van der Waals surface area contributed by atoms with E-state index in [-0.39, 0.29) is 18.7 Å². The molecule has 0 saturated heterocycles. The van der Waals surface area contributed by atoms with Crippen molar-refractivity contribution in [3.63, 3.8) is 0 Å². The summed E-state index contributed by atoms with van der Waals surface area (Å²) in [6, 6.07) is 7.82. The first kappa shape index (κ1) is 16.7. The number of carboxylic acids is 1. The van der Waals surface area contributed by atoms with Crippen LogP contribution in [0.15, 0.2) is 24.3 Å². The molecule has 0 atom stereocenters. The number of ether oxygens (including phenoxy) is 1. The maximum atomic E-state index is 11.2. The van der Waals surface area contributed by atoms with E-state index in [1.807, 2.05) is 24.3 Å². The number of carbonyl (C=O) groups excluding carboxylic acids is 1. The maximum Gasteiger partial charge on any atom is 0.303 e.